The zero-order valence-electron chi connectivity index (χ0n) is 19.5. The molecule has 0 fully saturated rings. The molecule has 0 unspecified atom stereocenters. The Morgan fingerprint density at radius 2 is 1.75 bits per heavy atom. The highest BCUT2D eigenvalue weighted by atomic mass is 16.5. The average Bonchev–Trinajstić information content (AvgIpc) is 3.19. The Balaban J connectivity index is 2.05. The van der Waals surface area contributed by atoms with E-state index in [4.69, 9.17) is 13.9 Å². The first kappa shape index (κ1) is 25.6. The first-order chi connectivity index (χ1) is 15.5. The molecule has 1 heterocycles. The van der Waals surface area contributed by atoms with Crippen molar-refractivity contribution in [3.63, 3.8) is 0 Å². The minimum Gasteiger partial charge on any atom is -0.465 e. The Kier molecular flexibility index (Phi) is 11.6. The maximum Gasteiger partial charge on any atom is 0.320 e. The molecule has 0 saturated heterocycles. The lowest BCUT2D eigenvalue weighted by Crippen LogP contribution is -2.43. The lowest BCUT2D eigenvalue weighted by Gasteiger charge is -2.26. The van der Waals surface area contributed by atoms with Crippen molar-refractivity contribution in [1.82, 2.24) is 9.80 Å². The maximum absolute atomic E-state index is 13.3. The van der Waals surface area contributed by atoms with Gasteiger partial charge in [0.1, 0.15) is 11.5 Å². The van der Waals surface area contributed by atoms with Gasteiger partial charge in [-0.2, -0.15) is 0 Å². The molecular weight excluding hydrogens is 408 g/mol. The molecule has 1 amide bonds. The molecular formula is C25H36N2O5. The van der Waals surface area contributed by atoms with Gasteiger partial charge < -0.3 is 18.8 Å². The van der Waals surface area contributed by atoms with E-state index in [2.05, 4.69) is 12.1 Å². The topological polar surface area (TPSA) is 72.2 Å². The van der Waals surface area contributed by atoms with Gasteiger partial charge in [0.2, 0.25) is 5.91 Å². The van der Waals surface area contributed by atoms with Crippen molar-refractivity contribution in [3.05, 3.63) is 59.5 Å². The summed E-state index contributed by atoms with van der Waals surface area (Å²) < 4.78 is 16.2. The fourth-order valence-corrected chi connectivity index (χ4v) is 3.39. The Bertz CT molecular complexity index is 806. The van der Waals surface area contributed by atoms with E-state index in [0.29, 0.717) is 39.5 Å². The van der Waals surface area contributed by atoms with E-state index in [1.54, 1.807) is 11.8 Å². The summed E-state index contributed by atoms with van der Waals surface area (Å²) in [6.07, 6.45) is 1.48. The van der Waals surface area contributed by atoms with E-state index in [9.17, 15) is 9.59 Å². The number of hydrogen-bond acceptors (Lipinski definition) is 6. The normalized spacial score (nSPS) is 11.0. The monoisotopic (exact) mass is 444 g/mol. The van der Waals surface area contributed by atoms with Crippen molar-refractivity contribution < 1.29 is 23.5 Å². The van der Waals surface area contributed by atoms with Crippen LogP contribution in [0.3, 0.4) is 0 Å². The summed E-state index contributed by atoms with van der Waals surface area (Å²) in [5.41, 5.74) is 1.17. The van der Waals surface area contributed by atoms with Crippen molar-refractivity contribution in [3.8, 4) is 0 Å². The molecule has 0 N–H and O–H groups in total. The van der Waals surface area contributed by atoms with Crippen LogP contribution in [0.15, 0.2) is 46.9 Å². The molecule has 0 bridgehead atoms. The van der Waals surface area contributed by atoms with E-state index in [1.165, 1.54) is 5.56 Å². The number of hydrogen-bond donors (Lipinski definition) is 0. The molecule has 7 nitrogen and oxygen atoms in total. The second kappa shape index (κ2) is 14.4. The minimum atomic E-state index is -0.325. The van der Waals surface area contributed by atoms with Crippen molar-refractivity contribution in [1.29, 1.82) is 0 Å². The largest absolute Gasteiger partial charge is 0.465 e. The third kappa shape index (κ3) is 9.66. The predicted molar refractivity (Wildman–Crippen MR) is 123 cm³/mol. The number of benzene rings is 1. The number of carbonyl (C=O) groups is 2. The molecule has 0 aliphatic rings. The second-order valence-electron chi connectivity index (χ2n) is 7.63. The molecule has 1 aromatic heterocycles. The van der Waals surface area contributed by atoms with Gasteiger partial charge in [-0.3, -0.25) is 14.5 Å². The summed E-state index contributed by atoms with van der Waals surface area (Å²) >= 11 is 0. The summed E-state index contributed by atoms with van der Waals surface area (Å²) in [7, 11) is 0. The van der Waals surface area contributed by atoms with Gasteiger partial charge in [0.05, 0.1) is 26.2 Å². The van der Waals surface area contributed by atoms with E-state index in [-0.39, 0.29) is 25.0 Å². The number of ether oxygens (including phenoxy) is 2. The van der Waals surface area contributed by atoms with Gasteiger partial charge in [0.25, 0.3) is 0 Å². The van der Waals surface area contributed by atoms with Crippen molar-refractivity contribution in [2.75, 3.05) is 46.0 Å². The van der Waals surface area contributed by atoms with Gasteiger partial charge in [0.15, 0.2) is 0 Å². The van der Waals surface area contributed by atoms with E-state index < -0.39 is 0 Å². The smallest absolute Gasteiger partial charge is 0.320 e. The highest BCUT2D eigenvalue weighted by molar-refractivity contribution is 5.79. The van der Waals surface area contributed by atoms with Gasteiger partial charge in [-0.25, -0.2) is 0 Å². The van der Waals surface area contributed by atoms with Crippen LogP contribution in [-0.4, -0.2) is 67.7 Å². The van der Waals surface area contributed by atoms with Crippen LogP contribution in [0.4, 0.5) is 0 Å². The zero-order chi connectivity index (χ0) is 23.2. The molecule has 0 spiro atoms. The number of furan rings is 1. The van der Waals surface area contributed by atoms with Crippen LogP contribution in [-0.2, 0) is 32.0 Å². The first-order valence-electron chi connectivity index (χ1n) is 11.3. The average molecular weight is 445 g/mol. The summed E-state index contributed by atoms with van der Waals surface area (Å²) in [6.45, 7) is 8.93. The predicted octanol–water partition coefficient (Wildman–Crippen LogP) is 3.45. The van der Waals surface area contributed by atoms with Crippen LogP contribution in [0.1, 0.15) is 37.4 Å². The third-order valence-corrected chi connectivity index (χ3v) is 4.99. The molecule has 176 valence electrons. The molecule has 0 aliphatic heterocycles. The highest BCUT2D eigenvalue weighted by Crippen LogP contribution is 2.12. The van der Waals surface area contributed by atoms with Crippen LogP contribution in [0.5, 0.6) is 0 Å². The number of rotatable bonds is 15. The van der Waals surface area contributed by atoms with Crippen LogP contribution < -0.4 is 0 Å². The quantitative estimate of drug-likeness (QED) is 0.310. The number of nitrogens with zero attached hydrogens (tertiary/aromatic N) is 2. The molecule has 0 radical (unpaired) electrons. The SMILES string of the molecule is CCOCCCN(CC(=O)OCC)CC(=O)N(CCc1ccccc1)Cc1ccc(C)o1. The number of aryl methyl sites for hydroxylation is 1. The standard InChI is InChI=1S/C25H36N2O5/c1-4-30-17-9-15-26(20-25(29)31-5-2)19-24(28)27(18-23-13-12-21(3)32-23)16-14-22-10-7-6-8-11-22/h6-8,10-13H,4-5,9,14-20H2,1-3H3. The highest BCUT2D eigenvalue weighted by Gasteiger charge is 2.21. The van der Waals surface area contributed by atoms with Gasteiger partial charge in [-0.05, 0) is 51.3 Å². The van der Waals surface area contributed by atoms with Crippen LogP contribution in [0.2, 0.25) is 0 Å². The fourth-order valence-electron chi connectivity index (χ4n) is 3.39. The van der Waals surface area contributed by atoms with E-state index in [1.807, 2.05) is 49.1 Å². The Morgan fingerprint density at radius 1 is 0.969 bits per heavy atom. The number of esters is 1. The molecule has 0 saturated carbocycles. The van der Waals surface area contributed by atoms with Gasteiger partial charge in [-0.1, -0.05) is 30.3 Å². The second-order valence-corrected chi connectivity index (χ2v) is 7.63. The minimum absolute atomic E-state index is 0.0457. The fraction of sp³-hybridized carbons (Fsp3) is 0.520. The Labute approximate surface area is 191 Å². The Hall–Kier alpha value is -2.64. The molecule has 32 heavy (non-hydrogen) atoms. The summed E-state index contributed by atoms with van der Waals surface area (Å²) in [6, 6.07) is 13.9. The molecule has 0 atom stereocenters. The molecule has 1 aromatic carbocycles. The van der Waals surface area contributed by atoms with Crippen LogP contribution in [0, 0.1) is 6.92 Å². The van der Waals surface area contributed by atoms with Gasteiger partial charge in [-0.15, -0.1) is 0 Å². The number of carbonyl (C=O) groups excluding carboxylic acids is 2. The molecule has 2 rings (SSSR count). The molecule has 7 heteroatoms. The molecule has 0 aliphatic carbocycles. The summed E-state index contributed by atoms with van der Waals surface area (Å²) in [4.78, 5) is 29.0. The molecule has 2 aromatic rings. The maximum atomic E-state index is 13.3. The Morgan fingerprint density at radius 3 is 2.41 bits per heavy atom. The van der Waals surface area contributed by atoms with E-state index >= 15 is 0 Å². The van der Waals surface area contributed by atoms with Gasteiger partial charge in [0, 0.05) is 26.3 Å². The summed E-state index contributed by atoms with van der Waals surface area (Å²) in [5, 5.41) is 0. The van der Waals surface area contributed by atoms with Crippen molar-refractivity contribution in [2.24, 2.45) is 0 Å². The first-order valence-corrected chi connectivity index (χ1v) is 11.3. The third-order valence-electron chi connectivity index (χ3n) is 4.99. The summed E-state index contributed by atoms with van der Waals surface area (Å²) in [5.74, 6) is 1.19. The van der Waals surface area contributed by atoms with Crippen LogP contribution >= 0.6 is 0 Å². The van der Waals surface area contributed by atoms with Crippen LogP contribution in [0.25, 0.3) is 0 Å². The van der Waals surface area contributed by atoms with Gasteiger partial charge >= 0.3 is 5.97 Å². The lowest BCUT2D eigenvalue weighted by molar-refractivity contribution is -0.145. The lowest BCUT2D eigenvalue weighted by atomic mass is 10.1. The van der Waals surface area contributed by atoms with Crippen molar-refractivity contribution >= 4 is 11.9 Å². The zero-order valence-corrected chi connectivity index (χ0v) is 19.5. The van der Waals surface area contributed by atoms with Crippen molar-refractivity contribution in [2.45, 2.75) is 40.2 Å². The van der Waals surface area contributed by atoms with E-state index in [0.717, 1.165) is 24.4 Å². The number of amides is 1.